The number of carbonyl (C=O) groups excluding carboxylic acids is 1. The van der Waals surface area contributed by atoms with Gasteiger partial charge in [-0.25, -0.2) is 0 Å². The van der Waals surface area contributed by atoms with E-state index in [1.807, 2.05) is 48.5 Å². The number of aromatic amines is 1. The van der Waals surface area contributed by atoms with Gasteiger partial charge in [-0.2, -0.15) is 0 Å². The van der Waals surface area contributed by atoms with E-state index in [4.69, 9.17) is 17.0 Å². The number of hydrogen-bond donors (Lipinski definition) is 1. The molecule has 1 heterocycles. The molecule has 3 rings (SSSR count). The lowest BCUT2D eigenvalue weighted by Crippen LogP contribution is -2.28. The number of H-pyrrole nitrogens is 1. The maximum absolute atomic E-state index is 13.0. The van der Waals surface area contributed by atoms with Crippen LogP contribution in [0.4, 0.5) is 0 Å². The molecule has 0 saturated carbocycles. The number of halogens is 1. The second kappa shape index (κ2) is 7.88. The van der Waals surface area contributed by atoms with Crippen LogP contribution in [0.2, 0.25) is 0 Å². The minimum absolute atomic E-state index is 0.136. The van der Waals surface area contributed by atoms with Gasteiger partial charge in [0.05, 0.1) is 7.11 Å². The highest BCUT2D eigenvalue weighted by molar-refractivity contribution is 9.10. The van der Waals surface area contributed by atoms with E-state index in [-0.39, 0.29) is 5.91 Å². The maximum atomic E-state index is 13.0. The largest absolute Gasteiger partial charge is 0.496 e. The summed E-state index contributed by atoms with van der Waals surface area (Å²) in [4.78, 5) is 17.6. The summed E-state index contributed by atoms with van der Waals surface area (Å²) in [6, 6.07) is 15.3. The van der Waals surface area contributed by atoms with Crippen molar-refractivity contribution in [3.63, 3.8) is 0 Å². The van der Waals surface area contributed by atoms with Crippen molar-refractivity contribution in [1.82, 2.24) is 14.5 Å². The molecule has 0 aliphatic heterocycles. The van der Waals surface area contributed by atoms with Gasteiger partial charge in [-0.3, -0.25) is 9.36 Å². The predicted molar refractivity (Wildman–Crippen MR) is 107 cm³/mol. The van der Waals surface area contributed by atoms with Crippen molar-refractivity contribution in [3.05, 3.63) is 75.2 Å². The molecule has 134 valence electrons. The number of rotatable bonds is 5. The number of ether oxygens (including phenoxy) is 1. The fourth-order valence-corrected chi connectivity index (χ4v) is 3.42. The molecule has 7 heteroatoms. The molecule has 0 unspecified atom stereocenters. The van der Waals surface area contributed by atoms with Crippen molar-refractivity contribution in [1.29, 1.82) is 0 Å². The molecule has 0 atom stereocenters. The molecule has 0 aliphatic carbocycles. The molecule has 0 spiro atoms. The lowest BCUT2D eigenvalue weighted by Gasteiger charge is -2.20. The third-order valence-corrected chi connectivity index (χ3v) is 4.80. The van der Waals surface area contributed by atoms with Crippen LogP contribution in [-0.2, 0) is 6.54 Å². The fraction of sp³-hybridized carbons (Fsp3) is 0.158. The minimum Gasteiger partial charge on any atom is -0.496 e. The van der Waals surface area contributed by atoms with Gasteiger partial charge in [-0.1, -0.05) is 34.1 Å². The normalized spacial score (nSPS) is 10.6. The van der Waals surface area contributed by atoms with E-state index < -0.39 is 0 Å². The molecule has 5 nitrogen and oxygen atoms in total. The van der Waals surface area contributed by atoms with Crippen LogP contribution in [0, 0.1) is 4.77 Å². The van der Waals surface area contributed by atoms with Gasteiger partial charge < -0.3 is 14.6 Å². The van der Waals surface area contributed by atoms with Crippen LogP contribution >= 0.6 is 28.1 Å². The Morgan fingerprint density at radius 2 is 2.00 bits per heavy atom. The molecule has 1 amide bonds. The second-order valence-electron chi connectivity index (χ2n) is 5.77. The van der Waals surface area contributed by atoms with Gasteiger partial charge in [0.15, 0.2) is 4.77 Å². The molecule has 0 saturated heterocycles. The molecule has 1 N–H and O–H groups in total. The van der Waals surface area contributed by atoms with Crippen LogP contribution < -0.4 is 4.74 Å². The zero-order valence-corrected chi connectivity index (χ0v) is 16.8. The van der Waals surface area contributed by atoms with E-state index >= 15 is 0 Å². The first-order valence-corrected chi connectivity index (χ1v) is 9.15. The monoisotopic (exact) mass is 431 g/mol. The molecular weight excluding hydrogens is 414 g/mol. The van der Waals surface area contributed by atoms with Crippen molar-refractivity contribution >= 4 is 34.1 Å². The number of methoxy groups -OCH3 is 1. The summed E-state index contributed by atoms with van der Waals surface area (Å²) in [7, 11) is 3.38. The van der Waals surface area contributed by atoms with E-state index in [0.29, 0.717) is 17.0 Å². The Bertz CT molecular complexity index is 982. The number of amides is 1. The molecule has 0 fully saturated rings. The van der Waals surface area contributed by atoms with Gasteiger partial charge in [0, 0.05) is 35.5 Å². The Morgan fingerprint density at radius 1 is 1.27 bits per heavy atom. The summed E-state index contributed by atoms with van der Waals surface area (Å²) < 4.78 is 8.55. The Hall–Kier alpha value is -2.38. The van der Waals surface area contributed by atoms with Gasteiger partial charge in [-0.05, 0) is 42.5 Å². The van der Waals surface area contributed by atoms with Gasteiger partial charge in [0.2, 0.25) is 0 Å². The van der Waals surface area contributed by atoms with Crippen LogP contribution in [0.5, 0.6) is 5.75 Å². The Morgan fingerprint density at radius 3 is 2.69 bits per heavy atom. The molecule has 3 aromatic rings. The van der Waals surface area contributed by atoms with Crippen molar-refractivity contribution in [3.8, 4) is 11.4 Å². The van der Waals surface area contributed by atoms with E-state index in [1.165, 1.54) is 0 Å². The third-order valence-electron chi connectivity index (χ3n) is 4.01. The quantitative estimate of drug-likeness (QED) is 0.601. The number of nitrogens with zero attached hydrogens (tertiary/aromatic N) is 2. The molecular formula is C19H18BrN3O2S. The molecule has 0 aliphatic rings. The predicted octanol–water partition coefficient (Wildman–Crippen LogP) is 4.58. The van der Waals surface area contributed by atoms with Crippen molar-refractivity contribution in [2.75, 3.05) is 14.2 Å². The molecule has 1 aromatic heterocycles. The van der Waals surface area contributed by atoms with E-state index in [9.17, 15) is 4.79 Å². The topological polar surface area (TPSA) is 50.3 Å². The summed E-state index contributed by atoms with van der Waals surface area (Å²) in [5.74, 6) is 0.602. The lowest BCUT2D eigenvalue weighted by atomic mass is 10.2. The molecule has 2 aromatic carbocycles. The standard InChI is InChI=1S/C19H18BrN3O2S/c1-22(12-13-10-14(20)8-9-17(13)25-2)18(24)16-11-21-19(26)23(16)15-6-4-3-5-7-15/h3-11H,12H2,1-2H3,(H,21,26). The number of benzene rings is 2. The van der Waals surface area contributed by atoms with Gasteiger partial charge in [-0.15, -0.1) is 0 Å². The highest BCUT2D eigenvalue weighted by atomic mass is 79.9. The number of carbonyl (C=O) groups is 1. The zero-order valence-electron chi connectivity index (χ0n) is 14.4. The Balaban J connectivity index is 1.91. The first-order chi connectivity index (χ1) is 12.5. The molecule has 0 radical (unpaired) electrons. The number of para-hydroxylation sites is 1. The SMILES string of the molecule is COc1ccc(Br)cc1CN(C)C(=O)c1c[nH]c(=S)n1-c1ccccc1. The Kier molecular flexibility index (Phi) is 5.58. The van der Waals surface area contributed by atoms with Crippen LogP contribution in [0.1, 0.15) is 16.1 Å². The van der Waals surface area contributed by atoms with Gasteiger partial charge in [0.1, 0.15) is 11.4 Å². The van der Waals surface area contributed by atoms with Crippen molar-refractivity contribution < 1.29 is 9.53 Å². The van der Waals surface area contributed by atoms with Crippen molar-refractivity contribution in [2.45, 2.75) is 6.54 Å². The smallest absolute Gasteiger partial charge is 0.272 e. The summed E-state index contributed by atoms with van der Waals surface area (Å²) in [6.45, 7) is 0.411. The first kappa shape index (κ1) is 18.4. The summed E-state index contributed by atoms with van der Waals surface area (Å²) in [6.07, 6.45) is 1.65. The average molecular weight is 432 g/mol. The van der Waals surface area contributed by atoms with Gasteiger partial charge >= 0.3 is 0 Å². The van der Waals surface area contributed by atoms with E-state index in [2.05, 4.69) is 20.9 Å². The van der Waals surface area contributed by atoms with Crippen LogP contribution in [0.15, 0.2) is 59.2 Å². The van der Waals surface area contributed by atoms with Crippen LogP contribution in [-0.4, -0.2) is 34.5 Å². The summed E-state index contributed by atoms with van der Waals surface area (Å²) in [5.41, 5.74) is 2.24. The maximum Gasteiger partial charge on any atom is 0.272 e. The fourth-order valence-electron chi connectivity index (χ4n) is 2.75. The molecule has 26 heavy (non-hydrogen) atoms. The van der Waals surface area contributed by atoms with Crippen LogP contribution in [0.3, 0.4) is 0 Å². The summed E-state index contributed by atoms with van der Waals surface area (Å²) >= 11 is 8.82. The zero-order chi connectivity index (χ0) is 18.7. The van der Waals surface area contributed by atoms with Crippen molar-refractivity contribution in [2.24, 2.45) is 0 Å². The molecule has 0 bridgehead atoms. The lowest BCUT2D eigenvalue weighted by molar-refractivity contribution is 0.0776. The highest BCUT2D eigenvalue weighted by Crippen LogP contribution is 2.25. The van der Waals surface area contributed by atoms with E-state index in [1.54, 1.807) is 29.8 Å². The first-order valence-electron chi connectivity index (χ1n) is 7.95. The average Bonchev–Trinajstić information content (AvgIpc) is 3.03. The minimum atomic E-state index is -0.136. The number of imidazole rings is 1. The number of nitrogens with one attached hydrogen (secondary N) is 1. The summed E-state index contributed by atoms with van der Waals surface area (Å²) in [5, 5.41) is 0. The number of aromatic nitrogens is 2. The number of hydrogen-bond acceptors (Lipinski definition) is 3. The van der Waals surface area contributed by atoms with Gasteiger partial charge in [0.25, 0.3) is 5.91 Å². The highest BCUT2D eigenvalue weighted by Gasteiger charge is 2.19. The second-order valence-corrected chi connectivity index (χ2v) is 7.07. The van der Waals surface area contributed by atoms with Crippen LogP contribution in [0.25, 0.3) is 5.69 Å². The van der Waals surface area contributed by atoms with E-state index in [0.717, 1.165) is 21.5 Å². The third kappa shape index (κ3) is 3.73. The Labute approximate surface area is 165 Å².